The van der Waals surface area contributed by atoms with Gasteiger partial charge < -0.3 is 15.0 Å². The number of ether oxygens (including phenoxy) is 1. The monoisotopic (exact) mass is 304 g/mol. The lowest BCUT2D eigenvalue weighted by atomic mass is 10.0. The van der Waals surface area contributed by atoms with Crippen LogP contribution >= 0.6 is 12.4 Å². The summed E-state index contributed by atoms with van der Waals surface area (Å²) in [7, 11) is 4.10. The average Bonchev–Trinajstić information content (AvgIpc) is 2.86. The molecule has 21 heavy (non-hydrogen) atoms. The first-order valence-electron chi connectivity index (χ1n) is 6.99. The van der Waals surface area contributed by atoms with E-state index in [1.54, 1.807) is 0 Å². The van der Waals surface area contributed by atoms with Crippen LogP contribution < -0.4 is 15.0 Å². The van der Waals surface area contributed by atoms with Gasteiger partial charge in [0, 0.05) is 24.8 Å². The van der Waals surface area contributed by atoms with Gasteiger partial charge in [-0.25, -0.2) is 0 Å². The van der Waals surface area contributed by atoms with Crippen molar-refractivity contribution >= 4 is 18.1 Å². The van der Waals surface area contributed by atoms with Crippen LogP contribution in [0, 0.1) is 0 Å². The number of benzene rings is 2. The van der Waals surface area contributed by atoms with Crippen LogP contribution in [-0.2, 0) is 0 Å². The molecular weight excluding hydrogens is 284 g/mol. The number of hydrogen-bond donors (Lipinski definition) is 1. The molecular formula is C17H21ClN2O. The topological polar surface area (TPSA) is 24.5 Å². The Morgan fingerprint density at radius 3 is 2.43 bits per heavy atom. The maximum absolute atomic E-state index is 6.10. The Kier molecular flexibility index (Phi) is 5.10. The van der Waals surface area contributed by atoms with E-state index in [1.807, 2.05) is 19.2 Å². The lowest BCUT2D eigenvalue weighted by Gasteiger charge is -2.30. The molecule has 4 heteroatoms. The van der Waals surface area contributed by atoms with Gasteiger partial charge in [0.2, 0.25) is 0 Å². The van der Waals surface area contributed by atoms with Gasteiger partial charge in [0.25, 0.3) is 0 Å². The molecule has 0 saturated heterocycles. The van der Waals surface area contributed by atoms with Crippen LogP contribution in [0.15, 0.2) is 54.6 Å². The normalized spacial score (nSPS) is 19.3. The average molecular weight is 305 g/mol. The van der Waals surface area contributed by atoms with E-state index in [0.29, 0.717) is 0 Å². The van der Waals surface area contributed by atoms with Crippen LogP contribution in [0.2, 0.25) is 0 Å². The molecule has 0 aromatic heterocycles. The van der Waals surface area contributed by atoms with Gasteiger partial charge in [-0.15, -0.1) is 12.4 Å². The van der Waals surface area contributed by atoms with Gasteiger partial charge in [-0.2, -0.15) is 0 Å². The second kappa shape index (κ2) is 6.83. The fraction of sp³-hybridized carbons (Fsp3) is 0.294. The first kappa shape index (κ1) is 15.7. The summed E-state index contributed by atoms with van der Waals surface area (Å²) in [6, 6.07) is 19.0. The summed E-state index contributed by atoms with van der Waals surface area (Å²) < 4.78 is 6.10. The zero-order chi connectivity index (χ0) is 13.9. The van der Waals surface area contributed by atoms with Crippen LogP contribution in [0.1, 0.15) is 11.6 Å². The van der Waals surface area contributed by atoms with Crippen molar-refractivity contribution in [3.05, 3.63) is 60.2 Å². The molecule has 2 unspecified atom stereocenters. The predicted molar refractivity (Wildman–Crippen MR) is 89.6 cm³/mol. The molecule has 0 spiro atoms. The van der Waals surface area contributed by atoms with Gasteiger partial charge in [0.1, 0.15) is 11.9 Å². The zero-order valence-corrected chi connectivity index (χ0v) is 13.1. The van der Waals surface area contributed by atoms with Crippen molar-refractivity contribution in [1.82, 2.24) is 5.32 Å². The zero-order valence-electron chi connectivity index (χ0n) is 12.3. The largest absolute Gasteiger partial charge is 0.486 e. The fourth-order valence-corrected chi connectivity index (χ4v) is 2.90. The van der Waals surface area contributed by atoms with Crippen molar-refractivity contribution < 1.29 is 4.74 Å². The highest BCUT2D eigenvalue weighted by molar-refractivity contribution is 5.85. The number of hydrogen-bond acceptors (Lipinski definition) is 3. The highest BCUT2D eigenvalue weighted by Crippen LogP contribution is 2.41. The molecule has 1 aliphatic rings. The van der Waals surface area contributed by atoms with E-state index >= 15 is 0 Å². The number of para-hydroxylation sites is 2. The fourth-order valence-electron chi connectivity index (χ4n) is 2.90. The summed E-state index contributed by atoms with van der Waals surface area (Å²) >= 11 is 0. The van der Waals surface area contributed by atoms with E-state index < -0.39 is 0 Å². The molecule has 0 amide bonds. The van der Waals surface area contributed by atoms with Crippen molar-refractivity contribution in [2.45, 2.75) is 12.1 Å². The Bertz CT molecular complexity index is 576. The third-order valence-electron chi connectivity index (χ3n) is 3.85. The summed E-state index contributed by atoms with van der Waals surface area (Å²) in [5, 5.41) is 3.23. The maximum atomic E-state index is 6.10. The maximum Gasteiger partial charge on any atom is 0.136 e. The Hall–Kier alpha value is -1.71. The Labute approximate surface area is 132 Å². The van der Waals surface area contributed by atoms with Gasteiger partial charge in [-0.3, -0.25) is 0 Å². The summed E-state index contributed by atoms with van der Waals surface area (Å²) in [6.45, 7) is 0.830. The minimum absolute atomic E-state index is 0. The number of likely N-dealkylation sites (N-methyl/N-ethyl adjacent to an activating group) is 2. The van der Waals surface area contributed by atoms with Crippen molar-refractivity contribution in [1.29, 1.82) is 0 Å². The number of nitrogens with one attached hydrogen (secondary N) is 1. The number of anilines is 1. The lowest BCUT2D eigenvalue weighted by molar-refractivity contribution is 0.203. The SMILES string of the molecule is CNCC1Oc2ccccc2C1N(C)c1ccccc1.Cl. The van der Waals surface area contributed by atoms with E-state index in [2.05, 4.69) is 59.7 Å². The number of halogens is 1. The standard InChI is InChI=1S/C17H20N2O.ClH/c1-18-12-16-17(14-10-6-7-11-15(14)20-16)19(2)13-8-4-3-5-9-13;/h3-11,16-18H,12H2,1-2H3;1H. The molecule has 2 aromatic carbocycles. The number of fused-ring (bicyclic) bond motifs is 1. The summed E-state index contributed by atoms with van der Waals surface area (Å²) in [5.41, 5.74) is 2.47. The summed E-state index contributed by atoms with van der Waals surface area (Å²) in [5.74, 6) is 1.00. The Morgan fingerprint density at radius 2 is 1.71 bits per heavy atom. The molecule has 1 heterocycles. The van der Waals surface area contributed by atoms with Crippen molar-refractivity contribution in [2.24, 2.45) is 0 Å². The molecule has 3 rings (SSSR count). The molecule has 2 atom stereocenters. The van der Waals surface area contributed by atoms with Crippen LogP contribution in [0.4, 0.5) is 5.69 Å². The molecule has 2 aromatic rings. The first-order valence-corrected chi connectivity index (χ1v) is 6.99. The van der Waals surface area contributed by atoms with Crippen molar-refractivity contribution in [3.63, 3.8) is 0 Å². The Morgan fingerprint density at radius 1 is 1.05 bits per heavy atom. The van der Waals surface area contributed by atoms with Crippen LogP contribution in [-0.4, -0.2) is 26.7 Å². The van der Waals surface area contributed by atoms with E-state index in [9.17, 15) is 0 Å². The van der Waals surface area contributed by atoms with Crippen molar-refractivity contribution in [3.8, 4) is 5.75 Å². The molecule has 1 N–H and O–H groups in total. The molecule has 1 aliphatic heterocycles. The molecule has 0 saturated carbocycles. The van der Waals surface area contributed by atoms with E-state index in [0.717, 1.165) is 12.3 Å². The van der Waals surface area contributed by atoms with E-state index in [1.165, 1.54) is 11.3 Å². The van der Waals surface area contributed by atoms with Crippen LogP contribution in [0.25, 0.3) is 0 Å². The minimum Gasteiger partial charge on any atom is -0.486 e. The smallest absolute Gasteiger partial charge is 0.136 e. The minimum atomic E-state index is 0. The van der Waals surface area contributed by atoms with Crippen LogP contribution in [0.3, 0.4) is 0 Å². The third kappa shape index (κ3) is 2.99. The van der Waals surface area contributed by atoms with E-state index in [-0.39, 0.29) is 24.6 Å². The molecule has 0 radical (unpaired) electrons. The third-order valence-corrected chi connectivity index (χ3v) is 3.85. The summed E-state index contributed by atoms with van der Waals surface area (Å²) in [4.78, 5) is 2.30. The van der Waals surface area contributed by atoms with E-state index in [4.69, 9.17) is 4.74 Å². The van der Waals surface area contributed by atoms with Gasteiger partial charge >= 0.3 is 0 Å². The highest BCUT2D eigenvalue weighted by atomic mass is 35.5. The highest BCUT2D eigenvalue weighted by Gasteiger charge is 2.36. The molecule has 112 valence electrons. The van der Waals surface area contributed by atoms with Gasteiger partial charge in [-0.1, -0.05) is 36.4 Å². The molecule has 0 fully saturated rings. The Balaban J connectivity index is 0.00000161. The van der Waals surface area contributed by atoms with Gasteiger partial charge in [-0.05, 0) is 25.2 Å². The second-order valence-electron chi connectivity index (χ2n) is 5.14. The van der Waals surface area contributed by atoms with Gasteiger partial charge in [0.15, 0.2) is 0 Å². The molecule has 0 aliphatic carbocycles. The van der Waals surface area contributed by atoms with Gasteiger partial charge in [0.05, 0.1) is 6.04 Å². The molecule has 3 nitrogen and oxygen atoms in total. The number of nitrogens with zero attached hydrogens (tertiary/aromatic N) is 1. The summed E-state index contributed by atoms with van der Waals surface area (Å²) in [6.07, 6.45) is 0.127. The first-order chi connectivity index (χ1) is 9.81. The number of rotatable bonds is 4. The van der Waals surface area contributed by atoms with Crippen LogP contribution in [0.5, 0.6) is 5.75 Å². The quantitative estimate of drug-likeness (QED) is 0.938. The van der Waals surface area contributed by atoms with Crippen molar-refractivity contribution in [2.75, 3.05) is 25.5 Å². The predicted octanol–water partition coefficient (Wildman–Crippen LogP) is 3.27. The second-order valence-corrected chi connectivity index (χ2v) is 5.14. The lowest BCUT2D eigenvalue weighted by Crippen LogP contribution is -2.38. The molecule has 0 bridgehead atoms.